The summed E-state index contributed by atoms with van der Waals surface area (Å²) in [7, 11) is 0. The molecule has 0 saturated carbocycles. The third kappa shape index (κ3) is 5.68. The molecule has 0 atom stereocenters. The number of H-pyrrole nitrogens is 1. The van der Waals surface area contributed by atoms with Crippen LogP contribution >= 0.6 is 0 Å². The Kier molecular flexibility index (Phi) is 7.22. The Hall–Kier alpha value is -2.64. The number of hydrogen-bond donors (Lipinski definition) is 3. The van der Waals surface area contributed by atoms with Crippen molar-refractivity contribution >= 4 is 22.7 Å². The normalized spacial score (nSPS) is 15.4. The van der Waals surface area contributed by atoms with Crippen LogP contribution in [0.5, 0.6) is 0 Å². The standard InChI is InChI=1S/C21H29N5O2/c1-2-8-22-20(27)15-25-10-12-26(13-11-25)16-21(28)23-9-7-17-14-24-19-6-4-3-5-18(17)19/h2-6,14,24H,1,7-13,15-16H2,(H,22,27)(H,23,28). The summed E-state index contributed by atoms with van der Waals surface area (Å²) in [6.07, 6.45) is 4.50. The van der Waals surface area contributed by atoms with Gasteiger partial charge in [-0.2, -0.15) is 0 Å². The Labute approximate surface area is 165 Å². The zero-order chi connectivity index (χ0) is 19.8. The third-order valence-electron chi connectivity index (χ3n) is 5.03. The van der Waals surface area contributed by atoms with Crippen LogP contribution in [-0.4, -0.2) is 79.0 Å². The SMILES string of the molecule is C=CCNC(=O)CN1CCN(CC(=O)NCCc2c[nH]c3ccccc23)CC1. The van der Waals surface area contributed by atoms with Crippen LogP contribution in [0.1, 0.15) is 5.56 Å². The molecule has 0 bridgehead atoms. The Morgan fingerprint density at radius 1 is 1.04 bits per heavy atom. The van der Waals surface area contributed by atoms with Crippen molar-refractivity contribution in [3.63, 3.8) is 0 Å². The molecule has 150 valence electrons. The minimum Gasteiger partial charge on any atom is -0.361 e. The van der Waals surface area contributed by atoms with Gasteiger partial charge in [-0.3, -0.25) is 19.4 Å². The highest BCUT2D eigenvalue weighted by Gasteiger charge is 2.20. The lowest BCUT2D eigenvalue weighted by atomic mass is 10.1. The van der Waals surface area contributed by atoms with Gasteiger partial charge in [0.2, 0.25) is 11.8 Å². The zero-order valence-electron chi connectivity index (χ0n) is 16.2. The largest absolute Gasteiger partial charge is 0.361 e. The van der Waals surface area contributed by atoms with Gasteiger partial charge in [0.05, 0.1) is 13.1 Å². The average Bonchev–Trinajstić information content (AvgIpc) is 3.11. The molecular weight excluding hydrogens is 354 g/mol. The Balaban J connectivity index is 1.33. The lowest BCUT2D eigenvalue weighted by Crippen LogP contribution is -2.51. The van der Waals surface area contributed by atoms with E-state index in [9.17, 15) is 9.59 Å². The second-order valence-electron chi connectivity index (χ2n) is 7.10. The zero-order valence-corrected chi connectivity index (χ0v) is 16.2. The number of hydrogen-bond acceptors (Lipinski definition) is 4. The molecule has 0 radical (unpaired) electrons. The fraction of sp³-hybridized carbons (Fsp3) is 0.429. The summed E-state index contributed by atoms with van der Waals surface area (Å²) in [6.45, 7) is 8.71. The number of nitrogens with zero attached hydrogens (tertiary/aromatic N) is 2. The molecule has 3 N–H and O–H groups in total. The molecule has 0 spiro atoms. The van der Waals surface area contributed by atoms with E-state index in [4.69, 9.17) is 0 Å². The van der Waals surface area contributed by atoms with E-state index in [1.165, 1.54) is 10.9 Å². The predicted molar refractivity (Wildman–Crippen MR) is 111 cm³/mol. The van der Waals surface area contributed by atoms with Crippen molar-refractivity contribution in [2.45, 2.75) is 6.42 Å². The number of aromatic nitrogens is 1. The number of rotatable bonds is 9. The monoisotopic (exact) mass is 383 g/mol. The Morgan fingerprint density at radius 3 is 2.36 bits per heavy atom. The van der Waals surface area contributed by atoms with E-state index < -0.39 is 0 Å². The summed E-state index contributed by atoms with van der Waals surface area (Å²) < 4.78 is 0. The molecule has 7 nitrogen and oxygen atoms in total. The summed E-state index contributed by atoms with van der Waals surface area (Å²) in [6, 6.07) is 8.19. The maximum Gasteiger partial charge on any atom is 0.234 e. The second kappa shape index (κ2) is 10.1. The third-order valence-corrected chi connectivity index (χ3v) is 5.03. The van der Waals surface area contributed by atoms with Crippen LogP contribution in [0.3, 0.4) is 0 Å². The van der Waals surface area contributed by atoms with Crippen LogP contribution < -0.4 is 10.6 Å². The van der Waals surface area contributed by atoms with E-state index in [2.05, 4.69) is 44.1 Å². The fourth-order valence-corrected chi connectivity index (χ4v) is 3.48. The van der Waals surface area contributed by atoms with Gasteiger partial charge in [-0.1, -0.05) is 24.3 Å². The van der Waals surface area contributed by atoms with Gasteiger partial charge in [0, 0.05) is 56.4 Å². The highest BCUT2D eigenvalue weighted by molar-refractivity contribution is 5.83. The molecule has 1 aliphatic heterocycles. The molecule has 1 aromatic heterocycles. The quantitative estimate of drug-likeness (QED) is 0.558. The minimum atomic E-state index is 0.0170. The number of aromatic amines is 1. The van der Waals surface area contributed by atoms with E-state index in [0.717, 1.165) is 38.1 Å². The van der Waals surface area contributed by atoms with Crippen LogP contribution in [-0.2, 0) is 16.0 Å². The maximum absolute atomic E-state index is 12.2. The molecule has 1 aliphatic rings. The Morgan fingerprint density at radius 2 is 1.68 bits per heavy atom. The van der Waals surface area contributed by atoms with Crippen LogP contribution in [0, 0.1) is 0 Å². The van der Waals surface area contributed by atoms with Crippen molar-refractivity contribution in [2.24, 2.45) is 0 Å². The van der Waals surface area contributed by atoms with Crippen molar-refractivity contribution in [1.29, 1.82) is 0 Å². The van der Waals surface area contributed by atoms with Gasteiger partial charge >= 0.3 is 0 Å². The van der Waals surface area contributed by atoms with Gasteiger partial charge < -0.3 is 15.6 Å². The molecule has 1 fully saturated rings. The molecule has 28 heavy (non-hydrogen) atoms. The van der Waals surface area contributed by atoms with Crippen molar-refractivity contribution in [3.8, 4) is 0 Å². The van der Waals surface area contributed by atoms with E-state index >= 15 is 0 Å². The molecule has 2 heterocycles. The van der Waals surface area contributed by atoms with Gasteiger partial charge in [-0.05, 0) is 18.1 Å². The fourth-order valence-electron chi connectivity index (χ4n) is 3.48. The van der Waals surface area contributed by atoms with Crippen LogP contribution in [0.2, 0.25) is 0 Å². The van der Waals surface area contributed by atoms with E-state index in [1.54, 1.807) is 6.08 Å². The van der Waals surface area contributed by atoms with E-state index in [1.807, 2.05) is 18.3 Å². The number of carbonyl (C=O) groups excluding carboxylic acids is 2. The molecule has 2 aromatic rings. The molecule has 0 unspecified atom stereocenters. The first kappa shape index (κ1) is 20.1. The molecular formula is C21H29N5O2. The van der Waals surface area contributed by atoms with Crippen molar-refractivity contribution in [2.75, 3.05) is 52.4 Å². The first-order chi connectivity index (χ1) is 13.7. The highest BCUT2D eigenvalue weighted by atomic mass is 16.2. The molecule has 0 aliphatic carbocycles. The number of para-hydroxylation sites is 1. The van der Waals surface area contributed by atoms with Crippen LogP contribution in [0.4, 0.5) is 0 Å². The van der Waals surface area contributed by atoms with Crippen molar-refractivity contribution in [3.05, 3.63) is 48.7 Å². The number of amides is 2. The lowest BCUT2D eigenvalue weighted by Gasteiger charge is -2.33. The molecule has 1 saturated heterocycles. The molecule has 2 amide bonds. The van der Waals surface area contributed by atoms with Gasteiger partial charge in [-0.25, -0.2) is 0 Å². The van der Waals surface area contributed by atoms with Gasteiger partial charge in [0.15, 0.2) is 0 Å². The average molecular weight is 383 g/mol. The van der Waals surface area contributed by atoms with E-state index in [0.29, 0.717) is 26.2 Å². The number of carbonyl (C=O) groups is 2. The van der Waals surface area contributed by atoms with Crippen molar-refractivity contribution < 1.29 is 9.59 Å². The lowest BCUT2D eigenvalue weighted by molar-refractivity contribution is -0.124. The van der Waals surface area contributed by atoms with Gasteiger partial charge in [0.1, 0.15) is 0 Å². The topological polar surface area (TPSA) is 80.5 Å². The van der Waals surface area contributed by atoms with E-state index in [-0.39, 0.29) is 11.8 Å². The summed E-state index contributed by atoms with van der Waals surface area (Å²) in [5, 5.41) is 7.02. The first-order valence-electron chi connectivity index (χ1n) is 9.79. The number of benzene rings is 1. The molecule has 3 rings (SSSR count). The summed E-state index contributed by atoms with van der Waals surface area (Å²) in [5.74, 6) is 0.0698. The minimum absolute atomic E-state index is 0.0170. The maximum atomic E-state index is 12.2. The number of fused-ring (bicyclic) bond motifs is 1. The smallest absolute Gasteiger partial charge is 0.234 e. The summed E-state index contributed by atoms with van der Waals surface area (Å²) in [5.41, 5.74) is 2.35. The predicted octanol–water partition coefficient (Wildman–Crippen LogP) is 0.746. The van der Waals surface area contributed by atoms with Crippen molar-refractivity contribution in [1.82, 2.24) is 25.4 Å². The summed E-state index contributed by atoms with van der Waals surface area (Å²) in [4.78, 5) is 31.5. The number of nitrogens with one attached hydrogen (secondary N) is 3. The van der Waals surface area contributed by atoms with Gasteiger partial charge in [-0.15, -0.1) is 6.58 Å². The summed E-state index contributed by atoms with van der Waals surface area (Å²) >= 11 is 0. The van der Waals surface area contributed by atoms with Crippen LogP contribution in [0.25, 0.3) is 10.9 Å². The first-order valence-corrected chi connectivity index (χ1v) is 9.79. The molecule has 7 heteroatoms. The number of piperazine rings is 1. The van der Waals surface area contributed by atoms with Gasteiger partial charge in [0.25, 0.3) is 0 Å². The Bertz CT molecular complexity index is 808. The van der Waals surface area contributed by atoms with Crippen LogP contribution in [0.15, 0.2) is 43.1 Å². The second-order valence-corrected chi connectivity index (χ2v) is 7.10. The highest BCUT2D eigenvalue weighted by Crippen LogP contribution is 2.17. The molecule has 1 aromatic carbocycles.